The van der Waals surface area contributed by atoms with Gasteiger partial charge in [0.25, 0.3) is 0 Å². The standard InChI is InChI=1S/C10H12ClNO2/c1-14-10(13)12-7-9(11)8-5-3-2-4-6-8/h2-6,9H,7H2,1H3,(H,12,13). The Labute approximate surface area is 88.0 Å². The van der Waals surface area contributed by atoms with Crippen molar-refractivity contribution in [3.63, 3.8) is 0 Å². The van der Waals surface area contributed by atoms with Crippen LogP contribution >= 0.6 is 11.6 Å². The number of carbonyl (C=O) groups is 1. The van der Waals surface area contributed by atoms with Crippen molar-refractivity contribution in [2.24, 2.45) is 0 Å². The molecular formula is C10H12ClNO2. The molecule has 3 nitrogen and oxygen atoms in total. The van der Waals surface area contributed by atoms with E-state index in [-0.39, 0.29) is 5.38 Å². The van der Waals surface area contributed by atoms with E-state index in [4.69, 9.17) is 11.6 Å². The third-order valence-electron chi connectivity index (χ3n) is 1.77. The third-order valence-corrected chi connectivity index (χ3v) is 2.18. The van der Waals surface area contributed by atoms with Gasteiger partial charge in [0.2, 0.25) is 0 Å². The molecule has 0 aliphatic carbocycles. The predicted molar refractivity (Wildman–Crippen MR) is 55.4 cm³/mol. The van der Waals surface area contributed by atoms with Crippen molar-refractivity contribution in [3.8, 4) is 0 Å². The van der Waals surface area contributed by atoms with E-state index in [9.17, 15) is 4.79 Å². The summed E-state index contributed by atoms with van der Waals surface area (Å²) in [6.07, 6.45) is -0.466. The van der Waals surface area contributed by atoms with E-state index < -0.39 is 6.09 Å². The van der Waals surface area contributed by atoms with Crippen LogP contribution in [0.1, 0.15) is 10.9 Å². The highest BCUT2D eigenvalue weighted by Crippen LogP contribution is 2.18. The average molecular weight is 214 g/mol. The van der Waals surface area contributed by atoms with Crippen LogP contribution in [0.3, 0.4) is 0 Å². The van der Waals surface area contributed by atoms with Crippen LogP contribution in [0.5, 0.6) is 0 Å². The molecule has 0 aliphatic heterocycles. The van der Waals surface area contributed by atoms with E-state index in [0.717, 1.165) is 5.56 Å². The summed E-state index contributed by atoms with van der Waals surface area (Å²) >= 11 is 6.04. The van der Waals surface area contributed by atoms with Gasteiger partial charge in [-0.15, -0.1) is 11.6 Å². The Hall–Kier alpha value is -1.22. The molecule has 1 atom stereocenters. The van der Waals surface area contributed by atoms with Crippen LogP contribution < -0.4 is 5.32 Å². The van der Waals surface area contributed by atoms with E-state index >= 15 is 0 Å². The molecule has 0 fully saturated rings. The fraction of sp³-hybridized carbons (Fsp3) is 0.300. The van der Waals surface area contributed by atoms with Crippen LogP contribution in [0.4, 0.5) is 4.79 Å². The van der Waals surface area contributed by atoms with Gasteiger partial charge in [0.05, 0.1) is 12.5 Å². The topological polar surface area (TPSA) is 38.3 Å². The number of amides is 1. The summed E-state index contributed by atoms with van der Waals surface area (Å²) in [5, 5.41) is 2.31. The Bertz CT molecular complexity index is 289. The first kappa shape index (κ1) is 10.9. The summed E-state index contributed by atoms with van der Waals surface area (Å²) in [5.74, 6) is 0. The maximum atomic E-state index is 10.8. The Morgan fingerprint density at radius 3 is 2.71 bits per heavy atom. The van der Waals surface area contributed by atoms with Gasteiger partial charge in [-0.05, 0) is 5.56 Å². The van der Waals surface area contributed by atoms with E-state index in [0.29, 0.717) is 6.54 Å². The molecule has 1 N–H and O–H groups in total. The molecule has 0 bridgehead atoms. The molecule has 1 amide bonds. The predicted octanol–water partition coefficient (Wildman–Crippen LogP) is 2.32. The normalized spacial score (nSPS) is 11.9. The lowest BCUT2D eigenvalue weighted by molar-refractivity contribution is 0.171. The van der Waals surface area contributed by atoms with Crippen LogP contribution in [0.25, 0.3) is 0 Å². The molecule has 4 heteroatoms. The maximum absolute atomic E-state index is 10.8. The molecule has 1 aromatic rings. The van der Waals surface area contributed by atoms with E-state index in [2.05, 4.69) is 10.1 Å². The number of nitrogens with one attached hydrogen (secondary N) is 1. The monoisotopic (exact) mass is 213 g/mol. The average Bonchev–Trinajstić information content (AvgIpc) is 2.26. The lowest BCUT2D eigenvalue weighted by Gasteiger charge is -2.09. The molecule has 14 heavy (non-hydrogen) atoms. The number of methoxy groups -OCH3 is 1. The second-order valence-electron chi connectivity index (χ2n) is 2.75. The summed E-state index contributed by atoms with van der Waals surface area (Å²) in [6.45, 7) is 0.359. The summed E-state index contributed by atoms with van der Waals surface area (Å²) < 4.78 is 4.43. The lowest BCUT2D eigenvalue weighted by atomic mass is 10.1. The third kappa shape index (κ3) is 3.26. The number of hydrogen-bond donors (Lipinski definition) is 1. The first-order valence-corrected chi connectivity index (χ1v) is 4.68. The van der Waals surface area contributed by atoms with Crippen molar-refractivity contribution >= 4 is 17.7 Å². The molecule has 0 aromatic heterocycles. The number of alkyl carbamates (subject to hydrolysis) is 1. The van der Waals surface area contributed by atoms with Crippen LogP contribution in [-0.2, 0) is 4.74 Å². The molecule has 0 saturated heterocycles. The van der Waals surface area contributed by atoms with Gasteiger partial charge in [-0.3, -0.25) is 0 Å². The van der Waals surface area contributed by atoms with Crippen molar-refractivity contribution < 1.29 is 9.53 Å². The number of halogens is 1. The highest BCUT2D eigenvalue weighted by Gasteiger charge is 2.08. The van der Waals surface area contributed by atoms with Gasteiger partial charge < -0.3 is 10.1 Å². The number of rotatable bonds is 3. The molecular weight excluding hydrogens is 202 g/mol. The molecule has 1 aromatic carbocycles. The van der Waals surface area contributed by atoms with Crippen LogP contribution in [0, 0.1) is 0 Å². The summed E-state index contributed by atoms with van der Waals surface area (Å²) in [6, 6.07) is 9.56. The van der Waals surface area contributed by atoms with Crippen LogP contribution in [-0.4, -0.2) is 19.7 Å². The van der Waals surface area contributed by atoms with E-state index in [1.165, 1.54) is 7.11 Å². The van der Waals surface area contributed by atoms with Crippen molar-refractivity contribution in [1.82, 2.24) is 5.32 Å². The minimum Gasteiger partial charge on any atom is -0.453 e. The molecule has 1 rings (SSSR count). The molecule has 0 saturated carbocycles. The van der Waals surface area contributed by atoms with Crippen molar-refractivity contribution in [2.75, 3.05) is 13.7 Å². The Kier molecular flexibility index (Phi) is 4.26. The highest BCUT2D eigenvalue weighted by molar-refractivity contribution is 6.21. The van der Waals surface area contributed by atoms with Crippen LogP contribution in [0.2, 0.25) is 0 Å². The summed E-state index contributed by atoms with van der Waals surface area (Å²) in [7, 11) is 1.32. The lowest BCUT2D eigenvalue weighted by Crippen LogP contribution is -2.26. The maximum Gasteiger partial charge on any atom is 0.406 e. The number of alkyl halides is 1. The largest absolute Gasteiger partial charge is 0.453 e. The zero-order valence-electron chi connectivity index (χ0n) is 7.87. The van der Waals surface area contributed by atoms with Gasteiger partial charge in [0.1, 0.15) is 0 Å². The van der Waals surface area contributed by atoms with Gasteiger partial charge in [0.15, 0.2) is 0 Å². The molecule has 1 unspecified atom stereocenters. The molecule has 0 radical (unpaired) electrons. The van der Waals surface area contributed by atoms with Gasteiger partial charge >= 0.3 is 6.09 Å². The zero-order valence-corrected chi connectivity index (χ0v) is 8.62. The SMILES string of the molecule is COC(=O)NCC(Cl)c1ccccc1. The zero-order chi connectivity index (χ0) is 10.4. The molecule has 0 aliphatic rings. The second-order valence-corrected chi connectivity index (χ2v) is 3.28. The minimum atomic E-state index is -0.466. The molecule has 0 spiro atoms. The molecule has 76 valence electrons. The van der Waals surface area contributed by atoms with E-state index in [1.807, 2.05) is 30.3 Å². The van der Waals surface area contributed by atoms with Crippen molar-refractivity contribution in [2.45, 2.75) is 5.38 Å². The van der Waals surface area contributed by atoms with Gasteiger partial charge in [-0.25, -0.2) is 4.79 Å². The highest BCUT2D eigenvalue weighted by atomic mass is 35.5. The van der Waals surface area contributed by atoms with Crippen LogP contribution in [0.15, 0.2) is 30.3 Å². The second kappa shape index (κ2) is 5.50. The van der Waals surface area contributed by atoms with Crippen molar-refractivity contribution in [3.05, 3.63) is 35.9 Å². The summed E-state index contributed by atoms with van der Waals surface area (Å²) in [5.41, 5.74) is 0.977. The first-order chi connectivity index (χ1) is 6.74. The Balaban J connectivity index is 2.43. The Morgan fingerprint density at radius 1 is 1.50 bits per heavy atom. The van der Waals surface area contributed by atoms with Gasteiger partial charge in [-0.1, -0.05) is 30.3 Å². The van der Waals surface area contributed by atoms with Gasteiger partial charge in [0, 0.05) is 6.54 Å². The number of ether oxygens (including phenoxy) is 1. The molecule has 0 heterocycles. The number of hydrogen-bond acceptors (Lipinski definition) is 2. The quantitative estimate of drug-likeness (QED) is 0.783. The Morgan fingerprint density at radius 2 is 2.14 bits per heavy atom. The van der Waals surface area contributed by atoms with E-state index in [1.54, 1.807) is 0 Å². The summed E-state index contributed by atoms with van der Waals surface area (Å²) in [4.78, 5) is 10.8. The van der Waals surface area contributed by atoms with Gasteiger partial charge in [-0.2, -0.15) is 0 Å². The number of carbonyl (C=O) groups excluding carboxylic acids is 1. The smallest absolute Gasteiger partial charge is 0.406 e. The fourth-order valence-corrected chi connectivity index (χ4v) is 1.25. The number of benzene rings is 1. The fourth-order valence-electron chi connectivity index (χ4n) is 1.02. The first-order valence-electron chi connectivity index (χ1n) is 4.25. The van der Waals surface area contributed by atoms with Crippen molar-refractivity contribution in [1.29, 1.82) is 0 Å². The minimum absolute atomic E-state index is 0.227.